The average molecular weight is 290 g/mol. The van der Waals surface area contributed by atoms with Gasteiger partial charge in [-0.05, 0) is 5.56 Å². The molecule has 2 N–H and O–H groups in total. The highest BCUT2D eigenvalue weighted by Gasteiger charge is 2.42. The van der Waals surface area contributed by atoms with Gasteiger partial charge in [0.2, 0.25) is 11.8 Å². The van der Waals surface area contributed by atoms with Crippen molar-refractivity contribution in [2.75, 3.05) is 6.54 Å². The van der Waals surface area contributed by atoms with Crippen LogP contribution in [0.4, 0.5) is 0 Å². The van der Waals surface area contributed by atoms with Crippen LogP contribution >= 0.6 is 12.2 Å². The number of amides is 2. The maximum Gasteiger partial charge on any atom is 0.237 e. The SMILES string of the molecule is CC(C)(CN1C(=O)CC(c2ccccc2)C1=O)C(N)=S. The van der Waals surface area contributed by atoms with Crippen LogP contribution in [0.3, 0.4) is 0 Å². The van der Waals surface area contributed by atoms with E-state index in [9.17, 15) is 9.59 Å². The van der Waals surface area contributed by atoms with Crippen molar-refractivity contribution in [1.29, 1.82) is 0 Å². The lowest BCUT2D eigenvalue weighted by molar-refractivity contribution is -0.139. The van der Waals surface area contributed by atoms with Crippen molar-refractivity contribution in [3.8, 4) is 0 Å². The molecular formula is C15H18N2O2S. The first-order valence-corrected chi connectivity index (χ1v) is 6.93. The van der Waals surface area contributed by atoms with Gasteiger partial charge >= 0.3 is 0 Å². The van der Waals surface area contributed by atoms with Gasteiger partial charge in [-0.15, -0.1) is 0 Å². The number of likely N-dealkylation sites (tertiary alicyclic amines) is 1. The molecule has 1 aliphatic rings. The Kier molecular flexibility index (Phi) is 3.90. The first-order valence-electron chi connectivity index (χ1n) is 6.52. The molecule has 1 aromatic rings. The topological polar surface area (TPSA) is 63.4 Å². The zero-order valence-electron chi connectivity index (χ0n) is 11.6. The summed E-state index contributed by atoms with van der Waals surface area (Å²) in [7, 11) is 0. The third-order valence-corrected chi connectivity index (χ3v) is 4.22. The van der Waals surface area contributed by atoms with Gasteiger partial charge in [0.15, 0.2) is 0 Å². The van der Waals surface area contributed by atoms with Crippen molar-refractivity contribution in [2.45, 2.75) is 26.2 Å². The first kappa shape index (κ1) is 14.7. The number of carbonyl (C=O) groups excluding carboxylic acids is 2. The fourth-order valence-electron chi connectivity index (χ4n) is 2.27. The number of benzene rings is 1. The zero-order valence-corrected chi connectivity index (χ0v) is 12.4. The minimum absolute atomic E-state index is 0.159. The summed E-state index contributed by atoms with van der Waals surface area (Å²) in [5.41, 5.74) is 5.99. The largest absolute Gasteiger partial charge is 0.393 e. The van der Waals surface area contributed by atoms with E-state index in [4.69, 9.17) is 18.0 Å². The molecule has 2 amide bonds. The van der Waals surface area contributed by atoms with Crippen LogP contribution in [-0.2, 0) is 9.59 Å². The Labute approximate surface area is 123 Å². The molecule has 0 bridgehead atoms. The van der Waals surface area contributed by atoms with Gasteiger partial charge in [0.25, 0.3) is 0 Å². The predicted molar refractivity (Wildman–Crippen MR) is 81.1 cm³/mol. The maximum absolute atomic E-state index is 12.4. The summed E-state index contributed by atoms with van der Waals surface area (Å²) in [6, 6.07) is 9.37. The lowest BCUT2D eigenvalue weighted by atomic mass is 9.92. The number of nitrogens with zero attached hydrogens (tertiary/aromatic N) is 1. The third kappa shape index (κ3) is 2.72. The molecule has 106 valence electrons. The van der Waals surface area contributed by atoms with Crippen LogP contribution in [-0.4, -0.2) is 28.2 Å². The van der Waals surface area contributed by atoms with Gasteiger partial charge in [0.1, 0.15) is 0 Å². The minimum Gasteiger partial charge on any atom is -0.393 e. The van der Waals surface area contributed by atoms with E-state index in [1.165, 1.54) is 4.90 Å². The van der Waals surface area contributed by atoms with Gasteiger partial charge < -0.3 is 5.73 Å². The molecule has 1 aromatic carbocycles. The number of thiocarbonyl (C=S) groups is 1. The Balaban J connectivity index is 2.20. The molecule has 2 rings (SSSR count). The molecule has 1 fully saturated rings. The van der Waals surface area contributed by atoms with Gasteiger partial charge in [-0.2, -0.15) is 0 Å². The normalized spacial score (nSPS) is 19.5. The highest BCUT2D eigenvalue weighted by atomic mass is 32.1. The van der Waals surface area contributed by atoms with Crippen molar-refractivity contribution in [1.82, 2.24) is 4.90 Å². The van der Waals surface area contributed by atoms with Crippen molar-refractivity contribution in [3.05, 3.63) is 35.9 Å². The fourth-order valence-corrected chi connectivity index (χ4v) is 2.33. The summed E-state index contributed by atoms with van der Waals surface area (Å²) < 4.78 is 0. The van der Waals surface area contributed by atoms with E-state index in [-0.39, 0.29) is 30.7 Å². The van der Waals surface area contributed by atoms with Gasteiger partial charge in [-0.3, -0.25) is 14.5 Å². The molecule has 20 heavy (non-hydrogen) atoms. The van der Waals surface area contributed by atoms with Gasteiger partial charge in [0.05, 0.1) is 10.9 Å². The number of imide groups is 1. The van der Waals surface area contributed by atoms with E-state index >= 15 is 0 Å². The van der Waals surface area contributed by atoms with Crippen LogP contribution in [0.2, 0.25) is 0 Å². The summed E-state index contributed by atoms with van der Waals surface area (Å²) in [6.45, 7) is 3.92. The molecule has 1 unspecified atom stereocenters. The van der Waals surface area contributed by atoms with E-state index in [2.05, 4.69) is 0 Å². The monoisotopic (exact) mass is 290 g/mol. The van der Waals surface area contributed by atoms with E-state index < -0.39 is 5.41 Å². The molecule has 1 atom stereocenters. The molecule has 0 aromatic heterocycles. The smallest absolute Gasteiger partial charge is 0.237 e. The second-order valence-electron chi connectivity index (χ2n) is 5.73. The summed E-state index contributed by atoms with van der Waals surface area (Å²) in [5, 5.41) is 0. The number of hydrogen-bond donors (Lipinski definition) is 1. The summed E-state index contributed by atoms with van der Waals surface area (Å²) in [5.74, 6) is -0.704. The van der Waals surface area contributed by atoms with E-state index in [1.807, 2.05) is 44.2 Å². The van der Waals surface area contributed by atoms with Crippen LogP contribution in [0.15, 0.2) is 30.3 Å². The standard InChI is InChI=1S/C15H18N2O2S/c1-15(2,14(16)20)9-17-12(18)8-11(13(17)19)10-6-4-3-5-7-10/h3-7,11H,8-9H2,1-2H3,(H2,16,20). The zero-order chi connectivity index (χ0) is 14.9. The number of hydrogen-bond acceptors (Lipinski definition) is 3. The Bertz CT molecular complexity index is 554. The molecule has 0 aliphatic carbocycles. The van der Waals surface area contributed by atoms with Crippen LogP contribution < -0.4 is 5.73 Å². The Morgan fingerprint density at radius 1 is 1.35 bits per heavy atom. The highest BCUT2D eigenvalue weighted by Crippen LogP contribution is 2.31. The van der Waals surface area contributed by atoms with Crippen LogP contribution in [0, 0.1) is 5.41 Å². The summed E-state index contributed by atoms with van der Waals surface area (Å²) in [6.07, 6.45) is 0.219. The van der Waals surface area contributed by atoms with Crippen LogP contribution in [0.5, 0.6) is 0 Å². The van der Waals surface area contributed by atoms with Crippen molar-refractivity contribution in [3.63, 3.8) is 0 Å². The molecule has 5 heteroatoms. The van der Waals surface area contributed by atoms with Crippen LogP contribution in [0.25, 0.3) is 0 Å². The molecule has 1 saturated heterocycles. The fraction of sp³-hybridized carbons (Fsp3) is 0.400. The highest BCUT2D eigenvalue weighted by molar-refractivity contribution is 7.80. The molecular weight excluding hydrogens is 272 g/mol. The van der Waals surface area contributed by atoms with Crippen LogP contribution in [0.1, 0.15) is 31.7 Å². The van der Waals surface area contributed by atoms with Gasteiger partial charge in [-0.25, -0.2) is 0 Å². The summed E-state index contributed by atoms with van der Waals surface area (Å²) in [4.78, 5) is 26.1. The molecule has 4 nitrogen and oxygen atoms in total. The quantitative estimate of drug-likeness (QED) is 0.679. The number of rotatable bonds is 4. The van der Waals surface area contributed by atoms with Crippen molar-refractivity contribution in [2.24, 2.45) is 11.1 Å². The predicted octanol–water partition coefficient (Wildman–Crippen LogP) is 1.84. The Hall–Kier alpha value is -1.75. The lowest BCUT2D eigenvalue weighted by Crippen LogP contribution is -2.44. The molecule has 0 saturated carbocycles. The van der Waals surface area contributed by atoms with E-state index in [0.717, 1.165) is 5.56 Å². The second-order valence-corrected chi connectivity index (χ2v) is 6.17. The molecule has 0 radical (unpaired) electrons. The van der Waals surface area contributed by atoms with Crippen molar-refractivity contribution >= 4 is 29.0 Å². The first-order chi connectivity index (χ1) is 9.33. The molecule has 0 spiro atoms. The summed E-state index contributed by atoms with van der Waals surface area (Å²) >= 11 is 4.99. The number of nitrogens with two attached hydrogens (primary N) is 1. The lowest BCUT2D eigenvalue weighted by Gasteiger charge is -2.28. The van der Waals surface area contributed by atoms with E-state index in [1.54, 1.807) is 0 Å². The number of carbonyl (C=O) groups is 2. The van der Waals surface area contributed by atoms with Crippen molar-refractivity contribution < 1.29 is 9.59 Å². The average Bonchev–Trinajstić information content (AvgIpc) is 2.67. The Morgan fingerprint density at radius 3 is 2.50 bits per heavy atom. The maximum atomic E-state index is 12.4. The van der Waals surface area contributed by atoms with Gasteiger partial charge in [-0.1, -0.05) is 56.4 Å². The van der Waals surface area contributed by atoms with Gasteiger partial charge in [0, 0.05) is 18.4 Å². The second kappa shape index (κ2) is 5.32. The third-order valence-electron chi connectivity index (χ3n) is 3.67. The molecule has 1 heterocycles. The minimum atomic E-state index is -0.549. The van der Waals surface area contributed by atoms with E-state index in [0.29, 0.717) is 4.99 Å². The molecule has 1 aliphatic heterocycles. The Morgan fingerprint density at radius 2 is 1.95 bits per heavy atom.